The minimum atomic E-state index is -0.418. The highest BCUT2D eigenvalue weighted by Crippen LogP contribution is 2.16. The van der Waals surface area contributed by atoms with Crippen molar-refractivity contribution in [3.05, 3.63) is 47.7 Å². The van der Waals surface area contributed by atoms with Gasteiger partial charge in [-0.2, -0.15) is 5.10 Å². The van der Waals surface area contributed by atoms with Crippen LogP contribution in [0.2, 0.25) is 0 Å². The van der Waals surface area contributed by atoms with Gasteiger partial charge in [-0.1, -0.05) is 6.07 Å². The molecule has 1 heterocycles. The molecule has 6 nitrogen and oxygen atoms in total. The number of aromatic nitrogens is 2. The molecule has 0 aliphatic carbocycles. The van der Waals surface area contributed by atoms with Crippen molar-refractivity contribution in [1.82, 2.24) is 15.1 Å². The van der Waals surface area contributed by atoms with Gasteiger partial charge in [-0.15, -0.1) is 5.10 Å². The SMILES string of the molecule is Cc1ccc(Nc2cccc(C(=O)N(C)CCC(C)O)c2)nn1. The van der Waals surface area contributed by atoms with Crippen molar-refractivity contribution in [2.75, 3.05) is 18.9 Å². The molecule has 0 fully saturated rings. The van der Waals surface area contributed by atoms with E-state index in [4.69, 9.17) is 0 Å². The number of aliphatic hydroxyl groups excluding tert-OH is 1. The zero-order valence-electron chi connectivity index (χ0n) is 13.7. The largest absolute Gasteiger partial charge is 0.393 e. The van der Waals surface area contributed by atoms with Crippen LogP contribution in [-0.2, 0) is 0 Å². The van der Waals surface area contributed by atoms with Crippen LogP contribution in [-0.4, -0.2) is 45.8 Å². The Bertz CT molecular complexity index is 656. The van der Waals surface area contributed by atoms with Crippen LogP contribution in [0, 0.1) is 6.92 Å². The Morgan fingerprint density at radius 3 is 2.74 bits per heavy atom. The summed E-state index contributed by atoms with van der Waals surface area (Å²) in [5.74, 6) is 0.548. The lowest BCUT2D eigenvalue weighted by Gasteiger charge is -2.18. The smallest absolute Gasteiger partial charge is 0.253 e. The third kappa shape index (κ3) is 5.03. The maximum absolute atomic E-state index is 12.4. The second kappa shape index (κ2) is 7.69. The van der Waals surface area contributed by atoms with Gasteiger partial charge >= 0.3 is 0 Å². The molecule has 1 amide bonds. The molecule has 122 valence electrons. The molecule has 0 aliphatic rings. The van der Waals surface area contributed by atoms with Crippen LogP contribution in [0.25, 0.3) is 0 Å². The molecule has 0 saturated carbocycles. The number of aliphatic hydroxyl groups is 1. The summed E-state index contributed by atoms with van der Waals surface area (Å²) in [5.41, 5.74) is 2.21. The van der Waals surface area contributed by atoms with Crippen molar-refractivity contribution < 1.29 is 9.90 Å². The fourth-order valence-corrected chi connectivity index (χ4v) is 2.05. The molecule has 2 rings (SSSR count). The molecule has 23 heavy (non-hydrogen) atoms. The first-order valence-corrected chi connectivity index (χ1v) is 7.56. The van der Waals surface area contributed by atoms with E-state index in [1.165, 1.54) is 0 Å². The van der Waals surface area contributed by atoms with Crippen molar-refractivity contribution in [3.63, 3.8) is 0 Å². The second-order valence-electron chi connectivity index (χ2n) is 5.63. The van der Waals surface area contributed by atoms with E-state index in [0.717, 1.165) is 11.4 Å². The third-order valence-corrected chi connectivity index (χ3v) is 3.41. The quantitative estimate of drug-likeness (QED) is 0.856. The highest BCUT2D eigenvalue weighted by molar-refractivity contribution is 5.95. The Balaban J connectivity index is 2.06. The van der Waals surface area contributed by atoms with E-state index in [1.54, 1.807) is 31.0 Å². The minimum absolute atomic E-state index is 0.0794. The first-order chi connectivity index (χ1) is 11.0. The molecule has 6 heteroatoms. The summed E-state index contributed by atoms with van der Waals surface area (Å²) >= 11 is 0. The van der Waals surface area contributed by atoms with Crippen LogP contribution >= 0.6 is 0 Å². The van der Waals surface area contributed by atoms with Gasteiger partial charge in [0, 0.05) is 24.8 Å². The highest BCUT2D eigenvalue weighted by Gasteiger charge is 2.12. The highest BCUT2D eigenvalue weighted by atomic mass is 16.3. The van der Waals surface area contributed by atoms with E-state index < -0.39 is 6.10 Å². The van der Waals surface area contributed by atoms with E-state index in [1.807, 2.05) is 31.2 Å². The Hall–Kier alpha value is -2.47. The van der Waals surface area contributed by atoms with Crippen LogP contribution in [0.5, 0.6) is 0 Å². The predicted molar refractivity (Wildman–Crippen MR) is 89.8 cm³/mol. The Morgan fingerprint density at radius 2 is 2.09 bits per heavy atom. The van der Waals surface area contributed by atoms with Gasteiger partial charge in [0.25, 0.3) is 5.91 Å². The summed E-state index contributed by atoms with van der Waals surface area (Å²) in [5, 5.41) is 20.5. The molecule has 0 spiro atoms. The first-order valence-electron chi connectivity index (χ1n) is 7.56. The van der Waals surface area contributed by atoms with Gasteiger partial charge in [0.05, 0.1) is 11.8 Å². The van der Waals surface area contributed by atoms with Gasteiger partial charge < -0.3 is 15.3 Å². The number of benzene rings is 1. The lowest BCUT2D eigenvalue weighted by atomic mass is 10.1. The van der Waals surface area contributed by atoms with Crippen molar-refractivity contribution in [2.24, 2.45) is 0 Å². The van der Waals surface area contributed by atoms with Crippen LogP contribution in [0.1, 0.15) is 29.4 Å². The Morgan fingerprint density at radius 1 is 1.30 bits per heavy atom. The Kier molecular flexibility index (Phi) is 5.65. The summed E-state index contributed by atoms with van der Waals surface area (Å²) in [6.07, 6.45) is 0.137. The minimum Gasteiger partial charge on any atom is -0.393 e. The zero-order valence-corrected chi connectivity index (χ0v) is 13.7. The summed E-state index contributed by atoms with van der Waals surface area (Å²) in [4.78, 5) is 14.0. The number of amides is 1. The summed E-state index contributed by atoms with van der Waals surface area (Å²) < 4.78 is 0. The molecule has 0 saturated heterocycles. The van der Waals surface area contributed by atoms with Crippen LogP contribution in [0.4, 0.5) is 11.5 Å². The fraction of sp³-hybridized carbons (Fsp3) is 0.353. The van der Waals surface area contributed by atoms with Crippen LogP contribution in [0.15, 0.2) is 36.4 Å². The van der Waals surface area contributed by atoms with Gasteiger partial charge in [0.15, 0.2) is 5.82 Å². The number of carbonyl (C=O) groups excluding carboxylic acids is 1. The molecule has 1 aromatic heterocycles. The summed E-state index contributed by atoms with van der Waals surface area (Å²) in [6.45, 7) is 4.10. The van der Waals surface area contributed by atoms with E-state index in [-0.39, 0.29) is 5.91 Å². The number of carbonyl (C=O) groups is 1. The monoisotopic (exact) mass is 314 g/mol. The van der Waals surface area contributed by atoms with E-state index in [0.29, 0.717) is 24.3 Å². The number of nitrogens with zero attached hydrogens (tertiary/aromatic N) is 3. The number of hydrogen-bond donors (Lipinski definition) is 2. The number of rotatable bonds is 6. The molecule has 1 atom stereocenters. The molecular weight excluding hydrogens is 292 g/mol. The maximum atomic E-state index is 12.4. The number of hydrogen-bond acceptors (Lipinski definition) is 5. The second-order valence-corrected chi connectivity index (χ2v) is 5.63. The van der Waals surface area contributed by atoms with Crippen molar-refractivity contribution in [1.29, 1.82) is 0 Å². The average molecular weight is 314 g/mol. The third-order valence-electron chi connectivity index (χ3n) is 3.41. The standard InChI is InChI=1S/C17H22N4O2/c1-12-7-8-16(20-19-12)18-15-6-4-5-14(11-15)17(23)21(3)10-9-13(2)22/h4-8,11,13,22H,9-10H2,1-3H3,(H,18,20). The number of aryl methyl sites for hydroxylation is 1. The predicted octanol–water partition coefficient (Wildman–Crippen LogP) is 2.37. The summed E-state index contributed by atoms with van der Waals surface area (Å²) in [6, 6.07) is 10.9. The van der Waals surface area contributed by atoms with Crippen LogP contribution < -0.4 is 5.32 Å². The molecule has 2 N–H and O–H groups in total. The zero-order chi connectivity index (χ0) is 16.8. The lowest BCUT2D eigenvalue weighted by molar-refractivity contribution is 0.0769. The van der Waals surface area contributed by atoms with Gasteiger partial charge in [0.2, 0.25) is 0 Å². The molecule has 0 aliphatic heterocycles. The fourth-order valence-electron chi connectivity index (χ4n) is 2.05. The van der Waals surface area contributed by atoms with E-state index in [9.17, 15) is 9.90 Å². The Labute approximate surface area is 136 Å². The van der Waals surface area contributed by atoms with Gasteiger partial charge in [0.1, 0.15) is 0 Å². The van der Waals surface area contributed by atoms with Crippen LogP contribution in [0.3, 0.4) is 0 Å². The molecule has 1 unspecified atom stereocenters. The van der Waals surface area contributed by atoms with Gasteiger partial charge in [-0.25, -0.2) is 0 Å². The van der Waals surface area contributed by atoms with Crippen molar-refractivity contribution in [2.45, 2.75) is 26.4 Å². The average Bonchev–Trinajstić information content (AvgIpc) is 2.54. The van der Waals surface area contributed by atoms with E-state index >= 15 is 0 Å². The maximum Gasteiger partial charge on any atom is 0.253 e. The molecular formula is C17H22N4O2. The number of nitrogens with one attached hydrogen (secondary N) is 1. The van der Waals surface area contributed by atoms with E-state index in [2.05, 4.69) is 15.5 Å². The van der Waals surface area contributed by atoms with Crippen molar-refractivity contribution >= 4 is 17.4 Å². The summed E-state index contributed by atoms with van der Waals surface area (Å²) in [7, 11) is 1.73. The van der Waals surface area contributed by atoms with Gasteiger partial charge in [-0.05, 0) is 50.6 Å². The number of anilines is 2. The molecule has 0 bridgehead atoms. The van der Waals surface area contributed by atoms with Crippen molar-refractivity contribution in [3.8, 4) is 0 Å². The lowest BCUT2D eigenvalue weighted by Crippen LogP contribution is -2.29. The van der Waals surface area contributed by atoms with Gasteiger partial charge in [-0.3, -0.25) is 4.79 Å². The first kappa shape index (κ1) is 16.9. The topological polar surface area (TPSA) is 78.4 Å². The molecule has 0 radical (unpaired) electrons. The normalized spacial score (nSPS) is 11.8. The molecule has 1 aromatic carbocycles. The molecule has 2 aromatic rings.